The summed E-state index contributed by atoms with van der Waals surface area (Å²) in [4.78, 5) is 11.5. The molecule has 0 saturated heterocycles. The predicted octanol–water partition coefficient (Wildman–Crippen LogP) is 2.26. The molecule has 1 rings (SSSR count). The van der Waals surface area contributed by atoms with E-state index in [1.54, 1.807) is 17.1 Å². The van der Waals surface area contributed by atoms with E-state index in [9.17, 15) is 4.79 Å². The molecule has 0 N–H and O–H groups in total. The molecule has 1 aromatic rings. The molecule has 4 heteroatoms. The second-order valence-corrected chi connectivity index (χ2v) is 4.79. The molecule has 0 atom stereocenters. The highest BCUT2D eigenvalue weighted by atomic mass is 16.6. The second kappa shape index (κ2) is 4.51. The summed E-state index contributed by atoms with van der Waals surface area (Å²) in [5, 5.41) is 4.06. The summed E-state index contributed by atoms with van der Waals surface area (Å²) < 4.78 is 6.74. The normalized spacial score (nSPS) is 11.2. The van der Waals surface area contributed by atoms with Crippen molar-refractivity contribution in [2.45, 2.75) is 39.8 Å². The second-order valence-electron chi connectivity index (χ2n) is 4.79. The molecule has 0 bridgehead atoms. The Kier molecular flexibility index (Phi) is 3.52. The zero-order chi connectivity index (χ0) is 12.3. The van der Waals surface area contributed by atoms with Crippen molar-refractivity contribution in [1.29, 1.82) is 0 Å². The first-order valence-electron chi connectivity index (χ1n) is 5.18. The lowest BCUT2D eigenvalue weighted by Crippen LogP contribution is -2.26. The Bertz CT molecular complexity index is 399. The van der Waals surface area contributed by atoms with Crippen LogP contribution in [0, 0.1) is 0 Å². The Morgan fingerprint density at radius 2 is 2.19 bits per heavy atom. The van der Waals surface area contributed by atoms with Crippen molar-refractivity contribution in [3.8, 4) is 0 Å². The minimum Gasteiger partial charge on any atom is -0.459 e. The van der Waals surface area contributed by atoms with E-state index in [-0.39, 0.29) is 12.5 Å². The van der Waals surface area contributed by atoms with Gasteiger partial charge in [-0.1, -0.05) is 6.58 Å². The highest BCUT2D eigenvalue weighted by Gasteiger charge is 2.16. The highest BCUT2D eigenvalue weighted by molar-refractivity contribution is 5.69. The number of esters is 1. The highest BCUT2D eigenvalue weighted by Crippen LogP contribution is 2.11. The molecule has 0 aliphatic rings. The topological polar surface area (TPSA) is 44.1 Å². The van der Waals surface area contributed by atoms with E-state index in [0.717, 1.165) is 11.1 Å². The lowest BCUT2D eigenvalue weighted by molar-refractivity contribution is -0.155. The van der Waals surface area contributed by atoms with Crippen LogP contribution in [-0.4, -0.2) is 21.4 Å². The van der Waals surface area contributed by atoms with Crippen molar-refractivity contribution < 1.29 is 9.53 Å². The third-order valence-corrected chi connectivity index (χ3v) is 1.84. The molecule has 0 spiro atoms. The third-order valence-electron chi connectivity index (χ3n) is 1.84. The van der Waals surface area contributed by atoms with Crippen LogP contribution in [0.4, 0.5) is 0 Å². The Labute approximate surface area is 95.9 Å². The molecule has 16 heavy (non-hydrogen) atoms. The van der Waals surface area contributed by atoms with Gasteiger partial charge in [0.1, 0.15) is 12.1 Å². The van der Waals surface area contributed by atoms with Crippen molar-refractivity contribution in [2.75, 3.05) is 0 Å². The molecule has 0 radical (unpaired) electrons. The van der Waals surface area contributed by atoms with E-state index in [4.69, 9.17) is 4.74 Å². The summed E-state index contributed by atoms with van der Waals surface area (Å²) in [6.45, 7) is 11.4. The van der Waals surface area contributed by atoms with Crippen LogP contribution >= 0.6 is 0 Å². The molecule has 0 saturated carbocycles. The number of hydrogen-bond acceptors (Lipinski definition) is 3. The summed E-state index contributed by atoms with van der Waals surface area (Å²) >= 11 is 0. The fourth-order valence-electron chi connectivity index (χ4n) is 1.18. The van der Waals surface area contributed by atoms with E-state index >= 15 is 0 Å². The first-order chi connectivity index (χ1) is 7.28. The van der Waals surface area contributed by atoms with Gasteiger partial charge in [-0.25, -0.2) is 0 Å². The van der Waals surface area contributed by atoms with Crippen LogP contribution in [0.2, 0.25) is 0 Å². The summed E-state index contributed by atoms with van der Waals surface area (Å²) in [5.74, 6) is -0.288. The molecule has 1 heterocycles. The molecule has 1 aromatic heterocycles. The lowest BCUT2D eigenvalue weighted by Gasteiger charge is -2.19. The van der Waals surface area contributed by atoms with Gasteiger partial charge in [0, 0.05) is 11.8 Å². The zero-order valence-corrected chi connectivity index (χ0v) is 10.3. The van der Waals surface area contributed by atoms with Gasteiger partial charge in [0.15, 0.2) is 0 Å². The summed E-state index contributed by atoms with van der Waals surface area (Å²) in [6, 6.07) is 0. The molecule has 0 amide bonds. The van der Waals surface area contributed by atoms with Crippen molar-refractivity contribution in [1.82, 2.24) is 9.78 Å². The van der Waals surface area contributed by atoms with Gasteiger partial charge in [-0.05, 0) is 33.3 Å². The Morgan fingerprint density at radius 3 is 2.62 bits per heavy atom. The number of aromatic nitrogens is 2. The maximum Gasteiger partial charge on any atom is 0.328 e. The van der Waals surface area contributed by atoms with Crippen LogP contribution in [-0.2, 0) is 16.1 Å². The summed E-state index contributed by atoms with van der Waals surface area (Å²) in [7, 11) is 0. The monoisotopic (exact) mass is 222 g/mol. The van der Waals surface area contributed by atoms with E-state index in [0.29, 0.717) is 0 Å². The van der Waals surface area contributed by atoms with Gasteiger partial charge in [-0.15, -0.1) is 0 Å². The van der Waals surface area contributed by atoms with Crippen molar-refractivity contribution in [3.05, 3.63) is 24.5 Å². The number of nitrogens with zero attached hydrogens (tertiary/aromatic N) is 2. The van der Waals surface area contributed by atoms with E-state index < -0.39 is 5.60 Å². The van der Waals surface area contributed by atoms with Gasteiger partial charge in [0.2, 0.25) is 0 Å². The molecule has 0 fully saturated rings. The average Bonchev–Trinajstić information content (AvgIpc) is 2.48. The fourth-order valence-corrected chi connectivity index (χ4v) is 1.18. The first kappa shape index (κ1) is 12.5. The summed E-state index contributed by atoms with van der Waals surface area (Å²) in [6.07, 6.45) is 3.47. The number of ether oxygens (including phenoxy) is 1. The Balaban J connectivity index is 2.60. The van der Waals surface area contributed by atoms with Gasteiger partial charge in [0.05, 0.1) is 6.20 Å². The predicted molar refractivity (Wildman–Crippen MR) is 62.8 cm³/mol. The van der Waals surface area contributed by atoms with Crippen LogP contribution in [0.15, 0.2) is 19.0 Å². The van der Waals surface area contributed by atoms with Crippen molar-refractivity contribution in [2.24, 2.45) is 0 Å². The Hall–Kier alpha value is -1.58. The van der Waals surface area contributed by atoms with E-state index in [2.05, 4.69) is 11.7 Å². The van der Waals surface area contributed by atoms with Gasteiger partial charge in [0.25, 0.3) is 0 Å². The average molecular weight is 222 g/mol. The molecular weight excluding hydrogens is 204 g/mol. The van der Waals surface area contributed by atoms with Crippen molar-refractivity contribution >= 4 is 11.5 Å². The van der Waals surface area contributed by atoms with Gasteiger partial charge in [-0.2, -0.15) is 5.10 Å². The molecule has 0 unspecified atom stereocenters. The molecule has 0 aliphatic heterocycles. The standard InChI is InChI=1S/C12H18N2O2/c1-9(2)10-6-13-14(7-10)8-11(15)16-12(3,4)5/h6-7H,1,8H2,2-5H3. The van der Waals surface area contributed by atoms with Gasteiger partial charge >= 0.3 is 5.97 Å². The smallest absolute Gasteiger partial charge is 0.328 e. The lowest BCUT2D eigenvalue weighted by atomic mass is 10.2. The molecular formula is C12H18N2O2. The zero-order valence-electron chi connectivity index (χ0n) is 10.3. The molecule has 4 nitrogen and oxygen atoms in total. The number of carbonyl (C=O) groups is 1. The number of allylic oxidation sites excluding steroid dienone is 1. The summed E-state index contributed by atoms with van der Waals surface area (Å²) in [5.41, 5.74) is 1.40. The minimum atomic E-state index is -0.457. The van der Waals surface area contributed by atoms with Crippen LogP contribution in [0.5, 0.6) is 0 Å². The van der Waals surface area contributed by atoms with Crippen LogP contribution in [0.1, 0.15) is 33.3 Å². The number of hydrogen-bond donors (Lipinski definition) is 0. The van der Waals surface area contributed by atoms with E-state index in [1.165, 1.54) is 0 Å². The van der Waals surface area contributed by atoms with E-state index in [1.807, 2.05) is 27.7 Å². The number of rotatable bonds is 3. The van der Waals surface area contributed by atoms with Crippen LogP contribution in [0.25, 0.3) is 5.57 Å². The third kappa shape index (κ3) is 3.88. The molecule has 88 valence electrons. The quantitative estimate of drug-likeness (QED) is 0.737. The van der Waals surface area contributed by atoms with Gasteiger partial charge in [-0.3, -0.25) is 9.48 Å². The molecule has 0 aliphatic carbocycles. The fraction of sp³-hybridized carbons (Fsp3) is 0.500. The van der Waals surface area contributed by atoms with Crippen molar-refractivity contribution in [3.63, 3.8) is 0 Å². The molecule has 0 aromatic carbocycles. The minimum absolute atomic E-state index is 0.130. The largest absolute Gasteiger partial charge is 0.459 e. The SMILES string of the molecule is C=C(C)c1cnn(CC(=O)OC(C)(C)C)c1. The maximum absolute atomic E-state index is 11.5. The first-order valence-corrected chi connectivity index (χ1v) is 5.18. The maximum atomic E-state index is 11.5. The van der Waals surface area contributed by atoms with Crippen LogP contribution in [0.3, 0.4) is 0 Å². The number of carbonyl (C=O) groups excluding carboxylic acids is 1. The van der Waals surface area contributed by atoms with Crippen LogP contribution < -0.4 is 0 Å². The Morgan fingerprint density at radius 1 is 1.56 bits per heavy atom. The van der Waals surface area contributed by atoms with Gasteiger partial charge < -0.3 is 4.74 Å².